The first-order chi connectivity index (χ1) is 10.1. The Kier molecular flexibility index (Phi) is 4.79. The zero-order valence-corrected chi connectivity index (χ0v) is 11.6. The molecule has 0 amide bonds. The van der Waals surface area contributed by atoms with E-state index in [-0.39, 0.29) is 17.5 Å². The first kappa shape index (κ1) is 14.9. The highest BCUT2D eigenvalue weighted by Gasteiger charge is 2.20. The van der Waals surface area contributed by atoms with Gasteiger partial charge in [-0.05, 0) is 23.3 Å². The Labute approximate surface area is 122 Å². The minimum Gasteiger partial charge on any atom is -0.504 e. The van der Waals surface area contributed by atoms with Crippen molar-refractivity contribution in [2.45, 2.75) is 12.6 Å². The summed E-state index contributed by atoms with van der Waals surface area (Å²) in [5, 5.41) is 21.8. The smallest absolute Gasteiger partial charge is 0.327 e. The van der Waals surface area contributed by atoms with Gasteiger partial charge in [0.2, 0.25) is 0 Å². The van der Waals surface area contributed by atoms with Crippen LogP contribution in [0, 0.1) is 0 Å². The topological polar surface area (TPSA) is 78.8 Å². The van der Waals surface area contributed by atoms with Crippen molar-refractivity contribution in [2.75, 3.05) is 7.11 Å². The molecule has 2 rings (SSSR count). The minimum atomic E-state index is -0.591. The summed E-state index contributed by atoms with van der Waals surface area (Å²) in [4.78, 5) is 11.9. The fourth-order valence-electron chi connectivity index (χ4n) is 2.00. The van der Waals surface area contributed by atoms with Crippen molar-refractivity contribution in [2.24, 2.45) is 0 Å². The summed E-state index contributed by atoms with van der Waals surface area (Å²) >= 11 is 0. The summed E-state index contributed by atoms with van der Waals surface area (Å²) in [7, 11) is 1.34. The van der Waals surface area contributed by atoms with E-state index in [0.717, 1.165) is 11.1 Å². The number of hydrogen-bond donors (Lipinski definition) is 3. The molecule has 0 saturated carbocycles. The van der Waals surface area contributed by atoms with Gasteiger partial charge in [0.1, 0.15) is 6.04 Å². The molecule has 0 spiro atoms. The number of aromatic hydroxyl groups is 2. The van der Waals surface area contributed by atoms with Crippen molar-refractivity contribution in [3.63, 3.8) is 0 Å². The second-order valence-electron chi connectivity index (χ2n) is 4.57. The van der Waals surface area contributed by atoms with Gasteiger partial charge in [-0.25, -0.2) is 4.79 Å². The molecule has 0 aliphatic rings. The maximum Gasteiger partial charge on any atom is 0.327 e. The van der Waals surface area contributed by atoms with Crippen molar-refractivity contribution < 1.29 is 19.7 Å². The van der Waals surface area contributed by atoms with Crippen molar-refractivity contribution in [3.05, 3.63) is 59.7 Å². The molecular formula is C16H17NO4. The van der Waals surface area contributed by atoms with Crippen LogP contribution in [-0.2, 0) is 16.1 Å². The predicted octanol–water partition coefficient (Wildman–Crippen LogP) is 2.10. The van der Waals surface area contributed by atoms with Crippen LogP contribution in [0.25, 0.3) is 0 Å². The van der Waals surface area contributed by atoms with Gasteiger partial charge in [-0.3, -0.25) is 5.32 Å². The molecule has 0 radical (unpaired) electrons. The van der Waals surface area contributed by atoms with Gasteiger partial charge in [-0.15, -0.1) is 0 Å². The first-order valence-corrected chi connectivity index (χ1v) is 6.49. The lowest BCUT2D eigenvalue weighted by atomic mass is 10.1. The molecule has 0 saturated heterocycles. The van der Waals surface area contributed by atoms with Gasteiger partial charge in [0.15, 0.2) is 11.5 Å². The van der Waals surface area contributed by atoms with E-state index < -0.39 is 6.04 Å². The first-order valence-electron chi connectivity index (χ1n) is 6.49. The Morgan fingerprint density at radius 1 is 1.14 bits per heavy atom. The van der Waals surface area contributed by atoms with E-state index in [1.165, 1.54) is 19.2 Å². The molecule has 0 heterocycles. The van der Waals surface area contributed by atoms with E-state index >= 15 is 0 Å². The van der Waals surface area contributed by atoms with Crippen molar-refractivity contribution in [3.8, 4) is 11.5 Å². The Morgan fingerprint density at radius 2 is 1.86 bits per heavy atom. The molecule has 1 atom stereocenters. The molecule has 1 unspecified atom stereocenters. The third-order valence-corrected chi connectivity index (χ3v) is 3.12. The Hall–Kier alpha value is -2.53. The zero-order valence-electron chi connectivity index (χ0n) is 11.6. The summed E-state index contributed by atoms with van der Waals surface area (Å²) in [6.07, 6.45) is 0. The highest BCUT2D eigenvalue weighted by molar-refractivity contribution is 5.77. The normalized spacial score (nSPS) is 11.9. The summed E-state index contributed by atoms with van der Waals surface area (Å²) in [5.41, 5.74) is 1.54. The van der Waals surface area contributed by atoms with E-state index in [4.69, 9.17) is 4.74 Å². The van der Waals surface area contributed by atoms with E-state index in [2.05, 4.69) is 5.32 Å². The van der Waals surface area contributed by atoms with Crippen LogP contribution in [0.3, 0.4) is 0 Å². The number of benzene rings is 2. The monoisotopic (exact) mass is 287 g/mol. The number of esters is 1. The average molecular weight is 287 g/mol. The van der Waals surface area contributed by atoms with Crippen LogP contribution in [0.2, 0.25) is 0 Å². The average Bonchev–Trinajstić information content (AvgIpc) is 2.51. The number of carbonyl (C=O) groups excluding carboxylic acids is 1. The molecule has 2 aromatic rings. The number of carbonyl (C=O) groups is 1. The standard InChI is InChI=1S/C16H17NO4/c1-21-16(20)15(12-5-3-2-4-6-12)17-10-11-7-8-13(18)14(19)9-11/h2-9,15,17-19H,10H2,1H3. The molecule has 0 aromatic heterocycles. The third-order valence-electron chi connectivity index (χ3n) is 3.12. The Balaban J connectivity index is 2.12. The molecule has 0 bridgehead atoms. The molecule has 0 aliphatic carbocycles. The second kappa shape index (κ2) is 6.76. The SMILES string of the molecule is COC(=O)C(NCc1ccc(O)c(O)c1)c1ccccc1. The van der Waals surface area contributed by atoms with Crippen molar-refractivity contribution in [1.82, 2.24) is 5.32 Å². The van der Waals surface area contributed by atoms with Crippen LogP contribution in [-0.4, -0.2) is 23.3 Å². The van der Waals surface area contributed by atoms with Crippen molar-refractivity contribution in [1.29, 1.82) is 0 Å². The van der Waals surface area contributed by atoms with Crippen LogP contribution < -0.4 is 5.32 Å². The number of methoxy groups -OCH3 is 1. The Bertz CT molecular complexity index is 613. The molecular weight excluding hydrogens is 270 g/mol. The maximum absolute atomic E-state index is 11.9. The fourth-order valence-corrected chi connectivity index (χ4v) is 2.00. The van der Waals surface area contributed by atoms with Crippen LogP contribution in [0.15, 0.2) is 48.5 Å². The van der Waals surface area contributed by atoms with Crippen LogP contribution in [0.5, 0.6) is 11.5 Å². The lowest BCUT2D eigenvalue weighted by molar-refractivity contribution is -0.143. The summed E-state index contributed by atoms with van der Waals surface area (Å²) in [6, 6.07) is 13.2. The summed E-state index contributed by atoms with van der Waals surface area (Å²) in [5.74, 6) is -0.751. The molecule has 0 fully saturated rings. The van der Waals surface area contributed by atoms with E-state index in [0.29, 0.717) is 6.54 Å². The maximum atomic E-state index is 11.9. The van der Waals surface area contributed by atoms with E-state index in [1.807, 2.05) is 30.3 Å². The highest BCUT2D eigenvalue weighted by Crippen LogP contribution is 2.25. The quantitative estimate of drug-likeness (QED) is 0.580. The van der Waals surface area contributed by atoms with Gasteiger partial charge in [-0.2, -0.15) is 0 Å². The third kappa shape index (κ3) is 3.73. The molecule has 110 valence electrons. The number of hydrogen-bond acceptors (Lipinski definition) is 5. The summed E-state index contributed by atoms with van der Waals surface area (Å²) in [6.45, 7) is 0.350. The van der Waals surface area contributed by atoms with E-state index in [9.17, 15) is 15.0 Å². The minimum absolute atomic E-state index is 0.175. The van der Waals surface area contributed by atoms with E-state index in [1.54, 1.807) is 6.07 Å². The molecule has 5 heteroatoms. The zero-order chi connectivity index (χ0) is 15.2. The van der Waals surface area contributed by atoms with Crippen LogP contribution >= 0.6 is 0 Å². The number of phenolic OH excluding ortho intramolecular Hbond substituents is 2. The van der Waals surface area contributed by atoms with Gasteiger partial charge in [-0.1, -0.05) is 36.4 Å². The van der Waals surface area contributed by atoms with Crippen LogP contribution in [0.4, 0.5) is 0 Å². The van der Waals surface area contributed by atoms with Gasteiger partial charge in [0.25, 0.3) is 0 Å². The molecule has 0 aliphatic heterocycles. The number of phenols is 2. The largest absolute Gasteiger partial charge is 0.504 e. The van der Waals surface area contributed by atoms with Gasteiger partial charge < -0.3 is 14.9 Å². The van der Waals surface area contributed by atoms with Crippen LogP contribution in [0.1, 0.15) is 17.2 Å². The molecule has 3 N–H and O–H groups in total. The lowest BCUT2D eigenvalue weighted by Crippen LogP contribution is -2.29. The number of nitrogens with one attached hydrogen (secondary N) is 1. The van der Waals surface area contributed by atoms with Gasteiger partial charge in [0, 0.05) is 6.54 Å². The number of ether oxygens (including phenoxy) is 1. The Morgan fingerprint density at radius 3 is 2.48 bits per heavy atom. The molecule has 21 heavy (non-hydrogen) atoms. The molecule has 2 aromatic carbocycles. The van der Waals surface area contributed by atoms with Gasteiger partial charge in [0.05, 0.1) is 7.11 Å². The molecule has 5 nitrogen and oxygen atoms in total. The highest BCUT2D eigenvalue weighted by atomic mass is 16.5. The lowest BCUT2D eigenvalue weighted by Gasteiger charge is -2.17. The van der Waals surface area contributed by atoms with Crippen molar-refractivity contribution >= 4 is 5.97 Å². The second-order valence-corrected chi connectivity index (χ2v) is 4.57. The predicted molar refractivity (Wildman–Crippen MR) is 77.8 cm³/mol. The van der Waals surface area contributed by atoms with Gasteiger partial charge >= 0.3 is 5.97 Å². The fraction of sp³-hybridized carbons (Fsp3) is 0.188. The number of rotatable bonds is 5. The summed E-state index contributed by atoms with van der Waals surface area (Å²) < 4.78 is 4.81.